The molecular formula is C16H31Cl2N3O2. The maximum Gasteiger partial charge on any atom is 0.223 e. The van der Waals surface area contributed by atoms with Crippen molar-refractivity contribution in [1.29, 1.82) is 0 Å². The van der Waals surface area contributed by atoms with Crippen molar-refractivity contribution in [2.75, 3.05) is 45.9 Å². The molecule has 3 saturated heterocycles. The van der Waals surface area contributed by atoms with Gasteiger partial charge < -0.3 is 15.4 Å². The molecule has 7 heteroatoms. The SMILES string of the molecule is CC(C(=O)NCC1(N2CCCC2)CCOCC1)C1CNC1.Cl.Cl. The standard InChI is InChI=1S/C16H29N3O2.2ClH/c1-13(14-10-17-11-14)15(20)18-12-16(4-8-21-9-5-16)19-6-2-3-7-19;;/h13-14,17H,2-12H2,1H3,(H,18,20);2*1H. The number of hydrogen-bond donors (Lipinski definition) is 2. The minimum Gasteiger partial charge on any atom is -0.381 e. The molecule has 3 rings (SSSR count). The van der Waals surface area contributed by atoms with E-state index in [1.165, 1.54) is 25.9 Å². The second-order valence-corrected chi connectivity index (χ2v) is 6.96. The van der Waals surface area contributed by atoms with Crippen LogP contribution in [0.1, 0.15) is 32.6 Å². The van der Waals surface area contributed by atoms with Crippen molar-refractivity contribution in [3.05, 3.63) is 0 Å². The summed E-state index contributed by atoms with van der Waals surface area (Å²) in [7, 11) is 0. The van der Waals surface area contributed by atoms with E-state index in [1.807, 2.05) is 0 Å². The van der Waals surface area contributed by atoms with Gasteiger partial charge in [0, 0.05) is 31.2 Å². The summed E-state index contributed by atoms with van der Waals surface area (Å²) >= 11 is 0. The molecular weight excluding hydrogens is 337 g/mol. The highest BCUT2D eigenvalue weighted by Gasteiger charge is 2.40. The van der Waals surface area contributed by atoms with Crippen LogP contribution in [-0.4, -0.2) is 62.3 Å². The zero-order valence-corrected chi connectivity index (χ0v) is 15.6. The van der Waals surface area contributed by atoms with Crippen LogP contribution in [-0.2, 0) is 9.53 Å². The Labute approximate surface area is 152 Å². The van der Waals surface area contributed by atoms with Crippen LogP contribution in [0.15, 0.2) is 0 Å². The fourth-order valence-electron chi connectivity index (χ4n) is 3.84. The predicted octanol–water partition coefficient (Wildman–Crippen LogP) is 1.45. The molecule has 0 saturated carbocycles. The smallest absolute Gasteiger partial charge is 0.223 e. The summed E-state index contributed by atoms with van der Waals surface area (Å²) in [5.74, 6) is 0.871. The molecule has 0 spiro atoms. The van der Waals surface area contributed by atoms with E-state index in [1.54, 1.807) is 0 Å². The van der Waals surface area contributed by atoms with Gasteiger partial charge in [-0.25, -0.2) is 0 Å². The highest BCUT2D eigenvalue weighted by molar-refractivity contribution is 5.85. The Hall–Kier alpha value is -0.0700. The predicted molar refractivity (Wildman–Crippen MR) is 96.6 cm³/mol. The second-order valence-electron chi connectivity index (χ2n) is 6.96. The quantitative estimate of drug-likeness (QED) is 0.771. The zero-order chi connectivity index (χ0) is 14.7. The largest absolute Gasteiger partial charge is 0.381 e. The van der Waals surface area contributed by atoms with Crippen LogP contribution < -0.4 is 10.6 Å². The molecule has 23 heavy (non-hydrogen) atoms. The van der Waals surface area contributed by atoms with Gasteiger partial charge in [-0.3, -0.25) is 9.69 Å². The molecule has 1 atom stereocenters. The van der Waals surface area contributed by atoms with Crippen molar-refractivity contribution in [2.45, 2.75) is 38.1 Å². The molecule has 1 amide bonds. The maximum atomic E-state index is 12.4. The van der Waals surface area contributed by atoms with Gasteiger partial charge in [0.1, 0.15) is 0 Å². The number of nitrogens with zero attached hydrogens (tertiary/aromatic N) is 1. The molecule has 0 aromatic heterocycles. The molecule has 1 unspecified atom stereocenters. The molecule has 3 aliphatic rings. The molecule has 2 N–H and O–H groups in total. The Morgan fingerprint density at radius 1 is 1.26 bits per heavy atom. The van der Waals surface area contributed by atoms with Crippen LogP contribution in [0.4, 0.5) is 0 Å². The topological polar surface area (TPSA) is 53.6 Å². The molecule has 0 bridgehead atoms. The van der Waals surface area contributed by atoms with E-state index in [2.05, 4.69) is 22.5 Å². The Kier molecular flexibility index (Phi) is 8.59. The van der Waals surface area contributed by atoms with E-state index in [-0.39, 0.29) is 42.2 Å². The van der Waals surface area contributed by atoms with E-state index < -0.39 is 0 Å². The Balaban J connectivity index is 0.00000132. The van der Waals surface area contributed by atoms with E-state index >= 15 is 0 Å². The van der Waals surface area contributed by atoms with E-state index in [4.69, 9.17) is 4.74 Å². The first-order valence-corrected chi connectivity index (χ1v) is 8.52. The van der Waals surface area contributed by atoms with Crippen LogP contribution in [0, 0.1) is 11.8 Å². The molecule has 0 aromatic carbocycles. The van der Waals surface area contributed by atoms with Crippen LogP contribution in [0.2, 0.25) is 0 Å². The Bertz CT molecular complexity index is 368. The van der Waals surface area contributed by atoms with Crippen molar-refractivity contribution in [3.8, 4) is 0 Å². The number of amides is 1. The highest BCUT2D eigenvalue weighted by atomic mass is 35.5. The van der Waals surface area contributed by atoms with Crippen molar-refractivity contribution >= 4 is 30.7 Å². The minimum atomic E-state index is 0. The summed E-state index contributed by atoms with van der Waals surface area (Å²) in [5, 5.41) is 6.50. The first-order chi connectivity index (χ1) is 10.2. The molecule has 3 heterocycles. The van der Waals surface area contributed by atoms with Crippen molar-refractivity contribution in [3.63, 3.8) is 0 Å². The number of carbonyl (C=O) groups is 1. The van der Waals surface area contributed by atoms with Crippen LogP contribution in [0.5, 0.6) is 0 Å². The third kappa shape index (κ3) is 4.73. The Morgan fingerprint density at radius 3 is 2.39 bits per heavy atom. The van der Waals surface area contributed by atoms with E-state index in [0.29, 0.717) is 5.92 Å². The van der Waals surface area contributed by atoms with Crippen molar-refractivity contribution < 1.29 is 9.53 Å². The molecule has 5 nitrogen and oxygen atoms in total. The molecule has 136 valence electrons. The van der Waals surface area contributed by atoms with Crippen LogP contribution >= 0.6 is 24.8 Å². The van der Waals surface area contributed by atoms with Gasteiger partial charge in [0.25, 0.3) is 0 Å². The summed E-state index contributed by atoms with van der Waals surface area (Å²) < 4.78 is 5.56. The highest BCUT2D eigenvalue weighted by Crippen LogP contribution is 2.31. The van der Waals surface area contributed by atoms with Gasteiger partial charge in [-0.05, 0) is 57.8 Å². The lowest BCUT2D eigenvalue weighted by Crippen LogP contribution is -2.58. The average molecular weight is 368 g/mol. The first-order valence-electron chi connectivity index (χ1n) is 8.52. The molecule has 0 aliphatic carbocycles. The van der Waals surface area contributed by atoms with E-state index in [0.717, 1.165) is 45.7 Å². The third-order valence-electron chi connectivity index (χ3n) is 5.73. The molecule has 0 radical (unpaired) electrons. The van der Waals surface area contributed by atoms with Gasteiger partial charge in [0.05, 0.1) is 0 Å². The summed E-state index contributed by atoms with van der Waals surface area (Å²) in [6.07, 6.45) is 4.68. The molecule has 3 fully saturated rings. The maximum absolute atomic E-state index is 12.4. The Morgan fingerprint density at radius 2 is 1.87 bits per heavy atom. The summed E-state index contributed by atoms with van der Waals surface area (Å²) in [6, 6.07) is 0. The van der Waals surface area contributed by atoms with Crippen LogP contribution in [0.3, 0.4) is 0 Å². The number of ether oxygens (including phenoxy) is 1. The number of likely N-dealkylation sites (tertiary alicyclic amines) is 1. The van der Waals surface area contributed by atoms with Crippen molar-refractivity contribution in [1.82, 2.24) is 15.5 Å². The lowest BCUT2D eigenvalue weighted by atomic mass is 9.86. The third-order valence-corrected chi connectivity index (χ3v) is 5.73. The zero-order valence-electron chi connectivity index (χ0n) is 14.0. The van der Waals surface area contributed by atoms with Gasteiger partial charge in [-0.1, -0.05) is 6.92 Å². The van der Waals surface area contributed by atoms with Gasteiger partial charge in [-0.2, -0.15) is 0 Å². The van der Waals surface area contributed by atoms with Crippen LogP contribution in [0.25, 0.3) is 0 Å². The van der Waals surface area contributed by atoms with E-state index in [9.17, 15) is 4.79 Å². The molecule has 3 aliphatic heterocycles. The number of halogens is 2. The van der Waals surface area contributed by atoms with Gasteiger partial charge >= 0.3 is 0 Å². The summed E-state index contributed by atoms with van der Waals surface area (Å²) in [4.78, 5) is 15.0. The van der Waals surface area contributed by atoms with Gasteiger partial charge in [0.2, 0.25) is 5.91 Å². The van der Waals surface area contributed by atoms with Crippen molar-refractivity contribution in [2.24, 2.45) is 11.8 Å². The fraction of sp³-hybridized carbons (Fsp3) is 0.938. The lowest BCUT2D eigenvalue weighted by molar-refractivity contribution is -0.128. The number of rotatable bonds is 5. The van der Waals surface area contributed by atoms with Gasteiger partial charge in [-0.15, -0.1) is 24.8 Å². The summed E-state index contributed by atoms with van der Waals surface area (Å²) in [5.41, 5.74) is 0.141. The average Bonchev–Trinajstić information content (AvgIpc) is 2.98. The number of hydrogen-bond acceptors (Lipinski definition) is 4. The molecule has 0 aromatic rings. The monoisotopic (exact) mass is 367 g/mol. The minimum absolute atomic E-state index is 0. The lowest BCUT2D eigenvalue weighted by Gasteiger charge is -2.45. The number of carbonyl (C=O) groups excluding carboxylic acids is 1. The second kappa shape index (κ2) is 9.42. The first kappa shape index (κ1) is 21.0. The fourth-order valence-corrected chi connectivity index (χ4v) is 3.84. The van der Waals surface area contributed by atoms with Gasteiger partial charge in [0.15, 0.2) is 0 Å². The normalized spacial score (nSPS) is 25.6. The summed E-state index contributed by atoms with van der Waals surface area (Å²) in [6.45, 7) is 8.84. The number of nitrogens with one attached hydrogen (secondary N) is 2.